The van der Waals surface area contributed by atoms with E-state index in [4.69, 9.17) is 0 Å². The van der Waals surface area contributed by atoms with Gasteiger partial charge in [-0.3, -0.25) is 4.90 Å². The minimum atomic E-state index is -0.103. The smallest absolute Gasteiger partial charge is 0.138 e. The minimum Gasteiger partial charge on any atom is -0.365 e. The summed E-state index contributed by atoms with van der Waals surface area (Å²) in [6, 6.07) is 6.55. The van der Waals surface area contributed by atoms with Gasteiger partial charge in [0.25, 0.3) is 0 Å². The van der Waals surface area contributed by atoms with Crippen molar-refractivity contribution in [2.24, 2.45) is 0 Å². The Morgan fingerprint density at radius 3 is 3.00 bits per heavy atom. The summed E-state index contributed by atoms with van der Waals surface area (Å²) in [6.07, 6.45) is 2.60. The molecule has 0 spiro atoms. The predicted molar refractivity (Wildman–Crippen MR) is 80.5 cm³/mol. The number of hydrogen-bond acceptors (Lipinski definition) is 2. The third-order valence-corrected chi connectivity index (χ3v) is 5.25. The molecule has 2 unspecified atom stereocenters. The van der Waals surface area contributed by atoms with Gasteiger partial charge in [-0.15, -0.1) is 0 Å². The molecule has 0 N–H and O–H groups in total. The maximum absolute atomic E-state index is 13.7. The number of rotatable bonds is 1. The summed E-state index contributed by atoms with van der Waals surface area (Å²) < 4.78 is 14.4. The quantitative estimate of drug-likeness (QED) is 0.711. The second-order valence-corrected chi connectivity index (χ2v) is 6.44. The Hall–Kier alpha value is -0.360. The molecule has 2 nitrogen and oxygen atoms in total. The van der Waals surface area contributed by atoms with Gasteiger partial charge in [-0.2, -0.15) is 0 Å². The van der Waals surface area contributed by atoms with Gasteiger partial charge in [-0.25, -0.2) is 4.39 Å². The third-order valence-electron chi connectivity index (χ3n) is 4.18. The normalized spacial score (nSPS) is 28.5. The first-order valence-electron chi connectivity index (χ1n) is 6.61. The molecule has 2 atom stereocenters. The van der Waals surface area contributed by atoms with Crippen LogP contribution in [-0.2, 0) is 0 Å². The largest absolute Gasteiger partial charge is 0.365 e. The van der Waals surface area contributed by atoms with Crippen molar-refractivity contribution >= 4 is 28.3 Å². The summed E-state index contributed by atoms with van der Waals surface area (Å²) in [7, 11) is 0. The first-order valence-corrected chi connectivity index (χ1v) is 7.69. The van der Waals surface area contributed by atoms with Crippen LogP contribution in [0.5, 0.6) is 0 Å². The first-order chi connectivity index (χ1) is 8.66. The Bertz CT molecular complexity index is 451. The highest BCUT2D eigenvalue weighted by molar-refractivity contribution is 14.1. The van der Waals surface area contributed by atoms with E-state index < -0.39 is 0 Å². The third kappa shape index (κ3) is 2.13. The van der Waals surface area contributed by atoms with E-state index in [0.29, 0.717) is 12.1 Å². The summed E-state index contributed by atoms with van der Waals surface area (Å²) in [5.74, 6) is -0.103. The highest BCUT2D eigenvalue weighted by Crippen LogP contribution is 2.32. The van der Waals surface area contributed by atoms with Crippen LogP contribution in [0.4, 0.5) is 10.1 Å². The molecular formula is C14H18FIN2. The minimum absolute atomic E-state index is 0.103. The van der Waals surface area contributed by atoms with E-state index in [-0.39, 0.29) is 5.82 Å². The molecule has 2 fully saturated rings. The van der Waals surface area contributed by atoms with E-state index in [1.165, 1.54) is 19.4 Å². The van der Waals surface area contributed by atoms with Crippen molar-refractivity contribution in [3.63, 3.8) is 0 Å². The molecule has 1 aromatic carbocycles. The Balaban J connectivity index is 1.89. The van der Waals surface area contributed by atoms with Crippen LogP contribution in [-0.4, -0.2) is 36.6 Å². The average molecular weight is 360 g/mol. The van der Waals surface area contributed by atoms with Gasteiger partial charge in [0.05, 0.1) is 9.26 Å². The molecular weight excluding hydrogens is 342 g/mol. The van der Waals surface area contributed by atoms with Gasteiger partial charge in [-0.1, -0.05) is 6.07 Å². The zero-order chi connectivity index (χ0) is 12.7. The zero-order valence-corrected chi connectivity index (χ0v) is 12.7. The maximum Gasteiger partial charge on any atom is 0.138 e. The molecule has 18 heavy (non-hydrogen) atoms. The molecule has 0 bridgehead atoms. The second-order valence-electron chi connectivity index (χ2n) is 5.37. The predicted octanol–water partition coefficient (Wildman–Crippen LogP) is 3.10. The van der Waals surface area contributed by atoms with Gasteiger partial charge in [0, 0.05) is 25.2 Å². The topological polar surface area (TPSA) is 6.48 Å². The summed E-state index contributed by atoms with van der Waals surface area (Å²) in [4.78, 5) is 4.98. The highest BCUT2D eigenvalue weighted by atomic mass is 127. The van der Waals surface area contributed by atoms with Gasteiger partial charge >= 0.3 is 0 Å². The van der Waals surface area contributed by atoms with Crippen molar-refractivity contribution < 1.29 is 4.39 Å². The van der Waals surface area contributed by atoms with Crippen molar-refractivity contribution in [2.75, 3.05) is 24.5 Å². The van der Waals surface area contributed by atoms with Crippen molar-refractivity contribution in [1.82, 2.24) is 4.90 Å². The number of nitrogens with zero attached hydrogens (tertiary/aromatic N) is 2. The monoisotopic (exact) mass is 360 g/mol. The van der Waals surface area contributed by atoms with Crippen LogP contribution in [0.1, 0.15) is 19.8 Å². The maximum atomic E-state index is 13.7. The van der Waals surface area contributed by atoms with Gasteiger partial charge in [0.15, 0.2) is 0 Å². The standard InChI is InChI=1S/C14H18FIN2/c1-10-8-17-7-3-4-11(17)9-18(10)13-6-2-5-12(15)14(13)16/h2,5-6,10-11H,3-4,7-9H2,1H3. The lowest BCUT2D eigenvalue weighted by molar-refractivity contribution is 0.202. The molecule has 2 aliphatic heterocycles. The van der Waals surface area contributed by atoms with Crippen LogP contribution in [0, 0.1) is 9.39 Å². The van der Waals surface area contributed by atoms with E-state index in [9.17, 15) is 4.39 Å². The summed E-state index contributed by atoms with van der Waals surface area (Å²) >= 11 is 2.13. The fourth-order valence-electron chi connectivity index (χ4n) is 3.24. The van der Waals surface area contributed by atoms with Crippen LogP contribution in [0.3, 0.4) is 0 Å². The van der Waals surface area contributed by atoms with Gasteiger partial charge in [-0.05, 0) is 61.0 Å². The summed E-state index contributed by atoms with van der Waals surface area (Å²) in [6.45, 7) is 5.64. The molecule has 0 aromatic heterocycles. The number of anilines is 1. The first kappa shape index (κ1) is 12.7. The molecule has 2 aliphatic rings. The molecule has 3 rings (SSSR count). The number of halogens is 2. The van der Waals surface area contributed by atoms with Crippen LogP contribution in [0.25, 0.3) is 0 Å². The molecule has 2 saturated heterocycles. The fraction of sp³-hybridized carbons (Fsp3) is 0.571. The van der Waals surface area contributed by atoms with Gasteiger partial charge < -0.3 is 4.90 Å². The Morgan fingerprint density at radius 2 is 2.17 bits per heavy atom. The highest BCUT2D eigenvalue weighted by Gasteiger charge is 2.35. The molecule has 0 saturated carbocycles. The van der Waals surface area contributed by atoms with Crippen molar-refractivity contribution in [1.29, 1.82) is 0 Å². The number of hydrogen-bond donors (Lipinski definition) is 0. The Kier molecular flexibility index (Phi) is 3.49. The van der Waals surface area contributed by atoms with Gasteiger partial charge in [0.1, 0.15) is 5.82 Å². The zero-order valence-electron chi connectivity index (χ0n) is 10.6. The molecule has 98 valence electrons. The molecule has 0 radical (unpaired) electrons. The van der Waals surface area contributed by atoms with E-state index in [2.05, 4.69) is 39.3 Å². The van der Waals surface area contributed by atoms with E-state index >= 15 is 0 Å². The van der Waals surface area contributed by atoms with E-state index in [1.807, 2.05) is 12.1 Å². The van der Waals surface area contributed by atoms with Crippen LogP contribution in [0.2, 0.25) is 0 Å². The number of benzene rings is 1. The molecule has 0 aliphatic carbocycles. The van der Waals surface area contributed by atoms with Crippen LogP contribution in [0.15, 0.2) is 18.2 Å². The van der Waals surface area contributed by atoms with Gasteiger partial charge in [0.2, 0.25) is 0 Å². The fourth-order valence-corrected chi connectivity index (χ4v) is 3.91. The summed E-state index contributed by atoms with van der Waals surface area (Å²) in [5, 5.41) is 0. The van der Waals surface area contributed by atoms with Crippen LogP contribution >= 0.6 is 22.6 Å². The SMILES string of the molecule is CC1CN2CCCC2CN1c1cccc(F)c1I. The lowest BCUT2D eigenvalue weighted by Crippen LogP contribution is -2.55. The number of fused-ring (bicyclic) bond motifs is 1. The molecule has 1 aromatic rings. The van der Waals surface area contributed by atoms with Crippen molar-refractivity contribution in [2.45, 2.75) is 31.8 Å². The molecule has 4 heteroatoms. The molecule has 0 amide bonds. The Morgan fingerprint density at radius 1 is 1.33 bits per heavy atom. The average Bonchev–Trinajstić information content (AvgIpc) is 2.79. The van der Waals surface area contributed by atoms with E-state index in [1.54, 1.807) is 6.07 Å². The van der Waals surface area contributed by atoms with E-state index in [0.717, 1.165) is 22.3 Å². The molecule has 2 heterocycles. The lowest BCUT2D eigenvalue weighted by atomic mass is 10.1. The second kappa shape index (κ2) is 4.96. The van der Waals surface area contributed by atoms with Crippen molar-refractivity contribution in [3.8, 4) is 0 Å². The summed E-state index contributed by atoms with van der Waals surface area (Å²) in [5.41, 5.74) is 1.06. The Labute approximate surface area is 121 Å². The van der Waals surface area contributed by atoms with Crippen molar-refractivity contribution in [3.05, 3.63) is 27.6 Å². The number of piperazine rings is 1. The lowest BCUT2D eigenvalue weighted by Gasteiger charge is -2.44. The van der Waals surface area contributed by atoms with Crippen LogP contribution < -0.4 is 4.90 Å².